The minimum absolute atomic E-state index is 0.0243. The Hall–Kier alpha value is -2.67. The van der Waals surface area contributed by atoms with Crippen molar-refractivity contribution < 1.29 is 23.6 Å². The molecule has 0 radical (unpaired) electrons. The maximum atomic E-state index is 13.1. The van der Waals surface area contributed by atoms with Crippen LogP contribution in [0.15, 0.2) is 34.9 Å². The van der Waals surface area contributed by atoms with E-state index in [-0.39, 0.29) is 11.9 Å². The maximum Gasteiger partial charge on any atom is 0.314 e. The molecule has 0 saturated carbocycles. The average Bonchev–Trinajstić information content (AvgIpc) is 3.47. The number of aryl methyl sites for hydroxylation is 1. The Labute approximate surface area is 182 Å². The third-order valence-electron chi connectivity index (χ3n) is 6.22. The molecule has 4 rings (SSSR count). The molecule has 0 aliphatic carbocycles. The van der Waals surface area contributed by atoms with Gasteiger partial charge in [0.25, 0.3) is 5.91 Å². The number of likely N-dealkylation sites (tertiary alicyclic amines) is 1. The van der Waals surface area contributed by atoms with Crippen LogP contribution in [0.4, 0.5) is 0 Å². The highest BCUT2D eigenvalue weighted by atomic mass is 16.5. The van der Waals surface area contributed by atoms with Crippen LogP contribution in [-0.2, 0) is 25.5 Å². The van der Waals surface area contributed by atoms with E-state index in [1.807, 2.05) is 37.3 Å². The number of rotatable bonds is 6. The van der Waals surface area contributed by atoms with Gasteiger partial charge in [-0.05, 0) is 39.5 Å². The van der Waals surface area contributed by atoms with E-state index in [1.165, 1.54) is 5.56 Å². The first kappa shape index (κ1) is 21.6. The molecule has 3 heterocycles. The number of hydrogen-bond donors (Lipinski definition) is 0. The lowest BCUT2D eigenvalue weighted by Crippen LogP contribution is -2.53. The van der Waals surface area contributed by atoms with Crippen molar-refractivity contribution in [3.63, 3.8) is 0 Å². The standard InChI is InChI=1S/C24H30N2O5/c1-3-29-23(28)24(11-5-12-26(16-24)22(27)21-6-4-13-30-21)15-19-14-20(25-31-19)18-9-7-17(2)8-10-18/h7-10,14,21H,3-6,11-13,15-16H2,1-2H3/t21-,24-/m1/s1. The zero-order valence-corrected chi connectivity index (χ0v) is 18.3. The van der Waals surface area contributed by atoms with Gasteiger partial charge in [-0.3, -0.25) is 9.59 Å². The van der Waals surface area contributed by atoms with Crippen molar-refractivity contribution in [1.29, 1.82) is 0 Å². The number of aromatic nitrogens is 1. The molecule has 31 heavy (non-hydrogen) atoms. The Balaban J connectivity index is 1.55. The van der Waals surface area contributed by atoms with Crippen LogP contribution < -0.4 is 0 Å². The average molecular weight is 427 g/mol. The van der Waals surface area contributed by atoms with Gasteiger partial charge in [-0.15, -0.1) is 0 Å². The van der Waals surface area contributed by atoms with Gasteiger partial charge < -0.3 is 18.9 Å². The van der Waals surface area contributed by atoms with Gasteiger partial charge in [-0.1, -0.05) is 35.0 Å². The summed E-state index contributed by atoms with van der Waals surface area (Å²) in [5.41, 5.74) is 2.03. The number of carbonyl (C=O) groups excluding carboxylic acids is 2. The minimum atomic E-state index is -0.841. The summed E-state index contributed by atoms with van der Waals surface area (Å²) in [5, 5.41) is 4.21. The first-order valence-electron chi connectivity index (χ1n) is 11.1. The third kappa shape index (κ3) is 4.66. The summed E-state index contributed by atoms with van der Waals surface area (Å²) in [6.45, 7) is 5.69. The fourth-order valence-electron chi connectivity index (χ4n) is 4.55. The van der Waals surface area contributed by atoms with Crippen molar-refractivity contribution in [2.45, 2.75) is 52.1 Å². The number of piperidine rings is 1. The molecule has 2 fully saturated rings. The molecular weight excluding hydrogens is 396 g/mol. The van der Waals surface area contributed by atoms with E-state index in [4.69, 9.17) is 14.0 Å². The van der Waals surface area contributed by atoms with Crippen molar-refractivity contribution in [3.8, 4) is 11.3 Å². The molecule has 2 aromatic rings. The quantitative estimate of drug-likeness (QED) is 0.657. The lowest BCUT2D eigenvalue weighted by molar-refractivity contribution is -0.162. The highest BCUT2D eigenvalue weighted by Crippen LogP contribution is 2.37. The Morgan fingerprint density at radius 2 is 2.06 bits per heavy atom. The van der Waals surface area contributed by atoms with E-state index in [2.05, 4.69) is 5.16 Å². The molecule has 7 heteroatoms. The molecule has 1 aromatic carbocycles. The molecular formula is C24H30N2O5. The second kappa shape index (κ2) is 9.22. The van der Waals surface area contributed by atoms with Crippen molar-refractivity contribution >= 4 is 11.9 Å². The Kier molecular flexibility index (Phi) is 6.41. The molecule has 1 amide bonds. The predicted molar refractivity (Wildman–Crippen MR) is 114 cm³/mol. The number of hydrogen-bond acceptors (Lipinski definition) is 6. The maximum absolute atomic E-state index is 13.1. The van der Waals surface area contributed by atoms with Crippen molar-refractivity contribution in [1.82, 2.24) is 10.1 Å². The van der Waals surface area contributed by atoms with Gasteiger partial charge in [0.15, 0.2) is 0 Å². The summed E-state index contributed by atoms with van der Waals surface area (Å²) in [7, 11) is 0. The summed E-state index contributed by atoms with van der Waals surface area (Å²) < 4.78 is 16.6. The van der Waals surface area contributed by atoms with Crippen LogP contribution in [0.5, 0.6) is 0 Å². The molecule has 166 valence electrons. The summed E-state index contributed by atoms with van der Waals surface area (Å²) in [4.78, 5) is 27.8. The SMILES string of the molecule is CCOC(=O)[C@@]1(Cc2cc(-c3ccc(C)cc3)no2)CCCN(C(=O)[C@H]2CCCO2)C1. The molecule has 2 aliphatic rings. The monoisotopic (exact) mass is 426 g/mol. The number of carbonyl (C=O) groups is 2. The van der Waals surface area contributed by atoms with Gasteiger partial charge in [-0.2, -0.15) is 0 Å². The minimum Gasteiger partial charge on any atom is -0.466 e. The van der Waals surface area contributed by atoms with Gasteiger partial charge in [0.2, 0.25) is 0 Å². The zero-order chi connectivity index (χ0) is 21.8. The molecule has 7 nitrogen and oxygen atoms in total. The summed E-state index contributed by atoms with van der Waals surface area (Å²) in [5.74, 6) is 0.312. The van der Waals surface area contributed by atoms with Gasteiger partial charge in [0.05, 0.1) is 12.0 Å². The van der Waals surface area contributed by atoms with Gasteiger partial charge in [0.1, 0.15) is 17.6 Å². The Bertz CT molecular complexity index is 916. The second-order valence-electron chi connectivity index (χ2n) is 8.59. The number of amides is 1. The van der Waals surface area contributed by atoms with E-state index >= 15 is 0 Å². The van der Waals surface area contributed by atoms with E-state index in [9.17, 15) is 9.59 Å². The van der Waals surface area contributed by atoms with Crippen LogP contribution in [0.25, 0.3) is 11.3 Å². The van der Waals surface area contributed by atoms with Gasteiger partial charge in [0, 0.05) is 37.7 Å². The zero-order valence-electron chi connectivity index (χ0n) is 18.3. The van der Waals surface area contributed by atoms with Crippen LogP contribution >= 0.6 is 0 Å². The van der Waals surface area contributed by atoms with Crippen molar-refractivity contribution in [2.24, 2.45) is 5.41 Å². The van der Waals surface area contributed by atoms with Gasteiger partial charge in [-0.25, -0.2) is 0 Å². The molecule has 0 unspecified atom stereocenters. The van der Waals surface area contributed by atoms with E-state index < -0.39 is 11.5 Å². The molecule has 2 saturated heterocycles. The fourth-order valence-corrected chi connectivity index (χ4v) is 4.55. The Morgan fingerprint density at radius 1 is 1.26 bits per heavy atom. The molecule has 1 aromatic heterocycles. The summed E-state index contributed by atoms with van der Waals surface area (Å²) >= 11 is 0. The Morgan fingerprint density at radius 3 is 2.77 bits per heavy atom. The smallest absolute Gasteiger partial charge is 0.314 e. The molecule has 0 bridgehead atoms. The molecule has 2 atom stereocenters. The van der Waals surface area contributed by atoms with Crippen molar-refractivity contribution in [3.05, 3.63) is 41.7 Å². The van der Waals surface area contributed by atoms with Crippen LogP contribution in [0.1, 0.15) is 43.9 Å². The normalized spacial score (nSPS) is 23.7. The highest BCUT2D eigenvalue weighted by Gasteiger charge is 2.46. The first-order chi connectivity index (χ1) is 15.0. The topological polar surface area (TPSA) is 81.9 Å². The largest absolute Gasteiger partial charge is 0.466 e. The summed E-state index contributed by atoms with van der Waals surface area (Å²) in [6.07, 6.45) is 2.96. The van der Waals surface area contributed by atoms with Crippen LogP contribution in [0.2, 0.25) is 0 Å². The van der Waals surface area contributed by atoms with Crippen LogP contribution in [0.3, 0.4) is 0 Å². The molecule has 0 N–H and O–H groups in total. The van der Waals surface area contributed by atoms with E-state index in [1.54, 1.807) is 11.8 Å². The first-order valence-corrected chi connectivity index (χ1v) is 11.1. The van der Waals surface area contributed by atoms with Crippen molar-refractivity contribution in [2.75, 3.05) is 26.3 Å². The lowest BCUT2D eigenvalue weighted by Gasteiger charge is -2.41. The van der Waals surface area contributed by atoms with Crippen LogP contribution in [-0.4, -0.2) is 54.3 Å². The van der Waals surface area contributed by atoms with Gasteiger partial charge >= 0.3 is 5.97 Å². The van der Waals surface area contributed by atoms with E-state index in [0.29, 0.717) is 44.9 Å². The highest BCUT2D eigenvalue weighted by molar-refractivity contribution is 5.83. The number of esters is 1. The molecule has 2 aliphatic heterocycles. The third-order valence-corrected chi connectivity index (χ3v) is 6.22. The molecule has 0 spiro atoms. The fraction of sp³-hybridized carbons (Fsp3) is 0.542. The van der Waals surface area contributed by atoms with E-state index in [0.717, 1.165) is 30.5 Å². The predicted octanol–water partition coefficient (Wildman–Crippen LogP) is 3.54. The summed E-state index contributed by atoms with van der Waals surface area (Å²) in [6, 6.07) is 9.94. The second-order valence-corrected chi connectivity index (χ2v) is 8.59. The number of benzene rings is 1. The lowest BCUT2D eigenvalue weighted by atomic mass is 9.76. The number of ether oxygens (including phenoxy) is 2. The number of nitrogens with zero attached hydrogens (tertiary/aromatic N) is 2. The van der Waals surface area contributed by atoms with Crippen LogP contribution in [0, 0.1) is 12.3 Å².